The molecule has 3 aromatic rings. The van der Waals surface area contributed by atoms with E-state index in [0.717, 1.165) is 27.8 Å². The number of benzene rings is 2. The molecule has 8 heteroatoms. The van der Waals surface area contributed by atoms with E-state index in [1.165, 1.54) is 13.2 Å². The average molecular weight is 517 g/mol. The number of pyridine rings is 1. The second kappa shape index (κ2) is 9.42. The molecule has 2 atom stereocenters. The fourth-order valence-corrected chi connectivity index (χ4v) is 5.98. The Morgan fingerprint density at radius 2 is 2.00 bits per heavy atom. The van der Waals surface area contributed by atoms with Gasteiger partial charge in [0.15, 0.2) is 0 Å². The summed E-state index contributed by atoms with van der Waals surface area (Å²) in [6, 6.07) is 6.26. The number of anilines is 2. The Balaban J connectivity index is 1.80. The van der Waals surface area contributed by atoms with E-state index in [4.69, 9.17) is 9.72 Å². The molecule has 3 heterocycles. The van der Waals surface area contributed by atoms with E-state index >= 15 is 4.39 Å². The van der Waals surface area contributed by atoms with E-state index in [0.29, 0.717) is 47.6 Å². The lowest BCUT2D eigenvalue weighted by Gasteiger charge is -2.50. The van der Waals surface area contributed by atoms with E-state index in [1.54, 1.807) is 30.3 Å². The van der Waals surface area contributed by atoms with E-state index in [-0.39, 0.29) is 23.7 Å². The molecule has 2 aliphatic heterocycles. The van der Waals surface area contributed by atoms with E-state index in [1.807, 2.05) is 38.7 Å². The second-order valence-electron chi connectivity index (χ2n) is 10.2. The van der Waals surface area contributed by atoms with Crippen LogP contribution in [0.25, 0.3) is 27.6 Å². The Morgan fingerprint density at radius 3 is 2.66 bits per heavy atom. The number of halogens is 1. The number of piperazine rings is 1. The predicted molar refractivity (Wildman–Crippen MR) is 149 cm³/mol. The molecule has 1 fully saturated rings. The summed E-state index contributed by atoms with van der Waals surface area (Å²) in [5.74, 6) is 0.0259. The molecule has 198 valence electrons. The van der Waals surface area contributed by atoms with Crippen molar-refractivity contribution in [3.8, 4) is 16.9 Å². The molecule has 38 heavy (non-hydrogen) atoms. The lowest BCUT2D eigenvalue weighted by Crippen LogP contribution is -2.65. The van der Waals surface area contributed by atoms with Gasteiger partial charge in [0.25, 0.3) is 5.91 Å². The minimum Gasteiger partial charge on any atom is -0.496 e. The van der Waals surface area contributed by atoms with Gasteiger partial charge in [-0.15, -0.1) is 0 Å². The van der Waals surface area contributed by atoms with E-state index in [2.05, 4.69) is 11.5 Å². The third kappa shape index (κ3) is 3.73. The van der Waals surface area contributed by atoms with Crippen molar-refractivity contribution in [3.63, 3.8) is 0 Å². The van der Waals surface area contributed by atoms with Crippen LogP contribution in [0, 0.1) is 12.7 Å². The van der Waals surface area contributed by atoms with E-state index in [9.17, 15) is 9.59 Å². The maximum absolute atomic E-state index is 15.3. The molecule has 2 aliphatic rings. The van der Waals surface area contributed by atoms with Crippen molar-refractivity contribution in [2.24, 2.45) is 0 Å². The quantitative estimate of drug-likeness (QED) is 0.478. The number of aromatic nitrogens is 1. The highest BCUT2D eigenvalue weighted by molar-refractivity contribution is 6.14. The normalized spacial score (nSPS) is 18.9. The van der Waals surface area contributed by atoms with Gasteiger partial charge in [0.2, 0.25) is 5.91 Å². The zero-order chi connectivity index (χ0) is 27.5. The van der Waals surface area contributed by atoms with Crippen LogP contribution in [0.1, 0.15) is 38.3 Å². The Morgan fingerprint density at radius 1 is 1.26 bits per heavy atom. The number of hydrogen-bond acceptors (Lipinski definition) is 5. The van der Waals surface area contributed by atoms with Crippen molar-refractivity contribution in [1.82, 2.24) is 9.88 Å². The first kappa shape index (κ1) is 25.7. The van der Waals surface area contributed by atoms with Crippen molar-refractivity contribution in [2.45, 2.75) is 46.2 Å². The highest BCUT2D eigenvalue weighted by Crippen LogP contribution is 2.47. The number of aryl methyl sites for hydroxylation is 1. The minimum absolute atomic E-state index is 0.0434. The van der Waals surface area contributed by atoms with E-state index < -0.39 is 6.04 Å². The van der Waals surface area contributed by atoms with Crippen LogP contribution >= 0.6 is 0 Å². The van der Waals surface area contributed by atoms with Crippen LogP contribution in [0.15, 0.2) is 37.0 Å². The number of rotatable bonds is 4. The first-order valence-corrected chi connectivity index (χ1v) is 12.9. The Kier molecular flexibility index (Phi) is 6.37. The van der Waals surface area contributed by atoms with Crippen molar-refractivity contribution < 1.29 is 18.7 Å². The zero-order valence-corrected chi connectivity index (χ0v) is 22.8. The summed E-state index contributed by atoms with van der Waals surface area (Å²) in [4.78, 5) is 36.5. The van der Waals surface area contributed by atoms with Crippen LogP contribution in [-0.4, -0.2) is 61.0 Å². The fourth-order valence-electron chi connectivity index (χ4n) is 5.98. The van der Waals surface area contributed by atoms with Crippen molar-refractivity contribution in [2.75, 3.05) is 37.0 Å². The summed E-state index contributed by atoms with van der Waals surface area (Å²) in [5, 5.41) is 0.865. The summed E-state index contributed by atoms with van der Waals surface area (Å²) in [6.07, 6.45) is 2.11. The average Bonchev–Trinajstić information content (AvgIpc) is 2.89. The number of allylic oxidation sites excluding steroid dienone is 1. The Bertz CT molecular complexity index is 1500. The van der Waals surface area contributed by atoms with Gasteiger partial charge in [-0.25, -0.2) is 4.39 Å². The van der Waals surface area contributed by atoms with Gasteiger partial charge in [-0.05, 0) is 50.1 Å². The van der Waals surface area contributed by atoms with Gasteiger partial charge >= 0.3 is 0 Å². The number of methoxy groups -OCH3 is 1. The van der Waals surface area contributed by atoms with Crippen LogP contribution in [-0.2, 0) is 9.59 Å². The largest absolute Gasteiger partial charge is 0.496 e. The molecule has 7 nitrogen and oxygen atoms in total. The summed E-state index contributed by atoms with van der Waals surface area (Å²) in [5.41, 5.74) is 5.69. The molecule has 1 saturated heterocycles. The highest BCUT2D eigenvalue weighted by Gasteiger charge is 2.44. The van der Waals surface area contributed by atoms with Crippen LogP contribution in [0.3, 0.4) is 0 Å². The fraction of sp³-hybridized carbons (Fsp3) is 0.367. The topological polar surface area (TPSA) is 66.0 Å². The zero-order valence-electron chi connectivity index (χ0n) is 22.8. The molecule has 0 unspecified atom stereocenters. The molecule has 0 N–H and O–H groups in total. The number of nitrogens with zero attached hydrogens (tertiary/aromatic N) is 4. The molecular formula is C30H33FN4O3. The van der Waals surface area contributed by atoms with Gasteiger partial charge < -0.3 is 19.4 Å². The maximum Gasteiger partial charge on any atom is 0.251 e. The molecule has 0 bridgehead atoms. The molecule has 2 aromatic carbocycles. The first-order valence-electron chi connectivity index (χ1n) is 12.9. The number of fused-ring (bicyclic) bond motifs is 5. The van der Waals surface area contributed by atoms with Crippen molar-refractivity contribution in [3.05, 3.63) is 54.0 Å². The Hall–Kier alpha value is -3.94. The van der Waals surface area contributed by atoms with Gasteiger partial charge in [-0.1, -0.05) is 19.6 Å². The van der Waals surface area contributed by atoms with Crippen molar-refractivity contribution in [1.29, 1.82) is 0 Å². The molecule has 5 rings (SSSR count). The molecule has 2 amide bonds. The highest BCUT2D eigenvalue weighted by atomic mass is 19.1. The lowest BCUT2D eigenvalue weighted by atomic mass is 9.87. The third-order valence-corrected chi connectivity index (χ3v) is 7.81. The summed E-state index contributed by atoms with van der Waals surface area (Å²) in [7, 11) is 3.28. The predicted octanol–water partition coefficient (Wildman–Crippen LogP) is 5.18. The SMILES string of the molecule is C=C(C)c1c(-c2c(F)cccc2OC)c(C)cc2c3c(cnc12)N(C)C(=O)[C@H]1CN(C(=O)CC)[C@H](C)CN31. The van der Waals surface area contributed by atoms with Gasteiger partial charge in [0.1, 0.15) is 17.6 Å². The molecule has 0 aliphatic carbocycles. The smallest absolute Gasteiger partial charge is 0.251 e. The Labute approximate surface area is 222 Å². The van der Waals surface area contributed by atoms with Gasteiger partial charge in [0, 0.05) is 42.6 Å². The second-order valence-corrected chi connectivity index (χ2v) is 10.2. The van der Waals surface area contributed by atoms with Crippen LogP contribution < -0.4 is 14.5 Å². The summed E-state index contributed by atoms with van der Waals surface area (Å²) < 4.78 is 20.8. The van der Waals surface area contributed by atoms with Gasteiger partial charge in [0.05, 0.1) is 42.3 Å². The number of carbonyl (C=O) groups excluding carboxylic acids is 2. The molecule has 0 radical (unpaired) electrons. The molecule has 0 saturated carbocycles. The maximum atomic E-state index is 15.3. The molecule has 0 spiro atoms. The van der Waals surface area contributed by atoms with Crippen LogP contribution in [0.2, 0.25) is 0 Å². The standard InChI is InChI=1S/C30H33FN4O3/c1-8-24(36)34-15-22-30(37)33(6)21-13-32-28-19(29(21)35(22)14-18(34)5)12-17(4)26(25(28)16(2)3)27-20(31)10-9-11-23(27)38-7/h9-13,18,22H,2,8,14-15H2,1,3-7H3/t18-,22-/m1/s1. The minimum atomic E-state index is -0.496. The molecule has 1 aromatic heterocycles. The number of likely N-dealkylation sites (N-methyl/N-ethyl adjacent to an activating group) is 1. The summed E-state index contributed by atoms with van der Waals surface area (Å²) >= 11 is 0. The van der Waals surface area contributed by atoms with Gasteiger partial charge in [-0.3, -0.25) is 14.6 Å². The monoisotopic (exact) mass is 516 g/mol. The van der Waals surface area contributed by atoms with Gasteiger partial charge in [-0.2, -0.15) is 0 Å². The number of carbonyl (C=O) groups is 2. The van der Waals surface area contributed by atoms with Crippen LogP contribution in [0.4, 0.5) is 15.8 Å². The number of amides is 2. The van der Waals surface area contributed by atoms with Crippen LogP contribution in [0.5, 0.6) is 5.75 Å². The lowest BCUT2D eigenvalue weighted by molar-refractivity contribution is -0.135. The number of ether oxygens (including phenoxy) is 1. The first-order chi connectivity index (χ1) is 18.1. The summed E-state index contributed by atoms with van der Waals surface area (Å²) in [6.45, 7) is 12.8. The number of hydrogen-bond donors (Lipinski definition) is 0. The van der Waals surface area contributed by atoms with Crippen molar-refractivity contribution >= 4 is 39.7 Å². The molecular weight excluding hydrogens is 483 g/mol. The third-order valence-electron chi connectivity index (χ3n) is 7.81.